The number of aromatic nitrogens is 2. The topological polar surface area (TPSA) is 79.7 Å². The number of piperazine rings is 1. The number of ether oxygens (including phenoxy) is 1. The second-order valence-electron chi connectivity index (χ2n) is 6.52. The number of nitrogens with one attached hydrogen (secondary N) is 1. The molecular formula is C19H25N5O3. The Morgan fingerprint density at radius 2 is 1.89 bits per heavy atom. The maximum atomic E-state index is 12.4. The predicted octanol–water partition coefficient (Wildman–Crippen LogP) is 0.816. The van der Waals surface area contributed by atoms with E-state index < -0.39 is 0 Å². The minimum atomic E-state index is -0.334. The summed E-state index contributed by atoms with van der Waals surface area (Å²) in [6, 6.07) is 9.57. The molecule has 2 aromatic rings. The number of carbonyl (C=O) groups excluding carboxylic acids is 2. The maximum Gasteiger partial charge on any atom is 0.272 e. The van der Waals surface area contributed by atoms with Crippen LogP contribution in [0.2, 0.25) is 0 Å². The molecule has 0 aliphatic carbocycles. The number of nitrogens with zero attached hydrogens (tertiary/aromatic N) is 4. The van der Waals surface area contributed by atoms with Gasteiger partial charge in [0.2, 0.25) is 5.91 Å². The third-order valence-electron chi connectivity index (χ3n) is 4.80. The first-order valence-electron chi connectivity index (χ1n) is 8.94. The van der Waals surface area contributed by atoms with Crippen molar-refractivity contribution in [3.8, 4) is 5.75 Å². The Bertz CT molecular complexity index is 805. The van der Waals surface area contributed by atoms with Gasteiger partial charge in [-0.15, -0.1) is 0 Å². The molecule has 1 fully saturated rings. The Morgan fingerprint density at radius 1 is 1.19 bits per heavy atom. The summed E-state index contributed by atoms with van der Waals surface area (Å²) in [5, 5.41) is 6.78. The van der Waals surface area contributed by atoms with E-state index in [1.807, 2.05) is 31.2 Å². The highest BCUT2D eigenvalue weighted by atomic mass is 16.5. The van der Waals surface area contributed by atoms with Crippen LogP contribution in [0.15, 0.2) is 30.3 Å². The van der Waals surface area contributed by atoms with Gasteiger partial charge in [-0.25, -0.2) is 0 Å². The molecule has 1 aromatic carbocycles. The van der Waals surface area contributed by atoms with Crippen molar-refractivity contribution < 1.29 is 14.3 Å². The van der Waals surface area contributed by atoms with Gasteiger partial charge in [0.15, 0.2) is 0 Å². The van der Waals surface area contributed by atoms with Crippen LogP contribution in [0.1, 0.15) is 16.2 Å². The van der Waals surface area contributed by atoms with Gasteiger partial charge < -0.3 is 19.9 Å². The second-order valence-corrected chi connectivity index (χ2v) is 6.52. The molecule has 144 valence electrons. The molecule has 1 aliphatic rings. The van der Waals surface area contributed by atoms with Crippen LogP contribution >= 0.6 is 0 Å². The van der Waals surface area contributed by atoms with Gasteiger partial charge in [-0.1, -0.05) is 12.1 Å². The van der Waals surface area contributed by atoms with Crippen LogP contribution in [-0.2, 0) is 11.8 Å². The van der Waals surface area contributed by atoms with Gasteiger partial charge in [0.25, 0.3) is 5.91 Å². The molecule has 0 atom stereocenters. The summed E-state index contributed by atoms with van der Waals surface area (Å²) in [4.78, 5) is 28.5. The molecule has 8 nitrogen and oxygen atoms in total. The normalized spacial score (nSPS) is 14.2. The number of benzene rings is 1. The lowest BCUT2D eigenvalue weighted by atomic mass is 10.2. The van der Waals surface area contributed by atoms with Gasteiger partial charge in [-0.3, -0.25) is 14.3 Å². The Balaban J connectivity index is 1.50. The van der Waals surface area contributed by atoms with Crippen LogP contribution in [0.3, 0.4) is 0 Å². The van der Waals surface area contributed by atoms with Crippen LogP contribution < -0.4 is 15.0 Å². The van der Waals surface area contributed by atoms with Gasteiger partial charge >= 0.3 is 0 Å². The first-order valence-corrected chi connectivity index (χ1v) is 8.94. The van der Waals surface area contributed by atoms with E-state index in [2.05, 4.69) is 15.3 Å². The molecule has 3 rings (SSSR count). The number of amides is 2. The summed E-state index contributed by atoms with van der Waals surface area (Å²) < 4.78 is 7.05. The minimum Gasteiger partial charge on any atom is -0.495 e. The van der Waals surface area contributed by atoms with Crippen molar-refractivity contribution in [1.29, 1.82) is 0 Å². The third kappa shape index (κ3) is 4.21. The lowest BCUT2D eigenvalue weighted by Gasteiger charge is -2.36. The summed E-state index contributed by atoms with van der Waals surface area (Å²) in [5.74, 6) is 0.408. The SMILES string of the molecule is COc1ccccc1N1CCN(C(=O)CNC(=O)c2cc(C)n(C)n2)CC1. The third-order valence-corrected chi connectivity index (χ3v) is 4.80. The van der Waals surface area contributed by atoms with E-state index in [4.69, 9.17) is 4.74 Å². The molecule has 1 aromatic heterocycles. The van der Waals surface area contributed by atoms with Crippen LogP contribution in [0.25, 0.3) is 0 Å². The lowest BCUT2D eigenvalue weighted by Crippen LogP contribution is -2.51. The van der Waals surface area contributed by atoms with Crippen LogP contribution in [0.5, 0.6) is 5.75 Å². The first-order chi connectivity index (χ1) is 13.0. The van der Waals surface area contributed by atoms with Crippen molar-refractivity contribution >= 4 is 17.5 Å². The number of rotatable bonds is 5. The van der Waals surface area contributed by atoms with Crippen molar-refractivity contribution in [1.82, 2.24) is 20.0 Å². The Morgan fingerprint density at radius 3 is 2.52 bits per heavy atom. The molecule has 27 heavy (non-hydrogen) atoms. The number of anilines is 1. The van der Waals surface area contributed by atoms with Crippen molar-refractivity contribution in [2.45, 2.75) is 6.92 Å². The standard InChI is InChI=1S/C19H25N5O3/c1-14-12-15(21-22(14)2)19(26)20-13-18(25)24-10-8-23(9-11-24)16-6-4-5-7-17(16)27-3/h4-7,12H,8-11,13H2,1-3H3,(H,20,26). The van der Waals surface area contributed by atoms with Crippen molar-refractivity contribution in [2.75, 3.05) is 44.7 Å². The highest BCUT2D eigenvalue weighted by molar-refractivity contribution is 5.95. The lowest BCUT2D eigenvalue weighted by molar-refractivity contribution is -0.130. The summed E-state index contributed by atoms with van der Waals surface area (Å²) in [6.45, 7) is 4.50. The van der Waals surface area contributed by atoms with Gasteiger partial charge in [0.1, 0.15) is 11.4 Å². The molecule has 1 saturated heterocycles. The average Bonchev–Trinajstić information content (AvgIpc) is 3.04. The van der Waals surface area contributed by atoms with Gasteiger partial charge in [0.05, 0.1) is 19.3 Å². The second kappa shape index (κ2) is 8.11. The molecule has 0 bridgehead atoms. The molecule has 0 spiro atoms. The van der Waals surface area contributed by atoms with E-state index in [0.717, 1.165) is 30.2 Å². The van der Waals surface area contributed by atoms with E-state index in [0.29, 0.717) is 18.8 Å². The molecule has 1 N–H and O–H groups in total. The maximum absolute atomic E-state index is 12.4. The summed E-state index contributed by atoms with van der Waals surface area (Å²) in [7, 11) is 3.43. The van der Waals surface area contributed by atoms with E-state index in [9.17, 15) is 9.59 Å². The number of para-hydroxylation sites is 2. The van der Waals surface area contributed by atoms with Gasteiger partial charge in [0, 0.05) is 38.9 Å². The monoisotopic (exact) mass is 371 g/mol. The molecule has 1 aliphatic heterocycles. The molecule has 0 saturated carbocycles. The minimum absolute atomic E-state index is 0.0247. The van der Waals surface area contributed by atoms with Crippen LogP contribution in [-0.4, -0.2) is 66.3 Å². The van der Waals surface area contributed by atoms with Crippen molar-refractivity contribution in [2.24, 2.45) is 7.05 Å². The first kappa shape index (κ1) is 18.8. The molecule has 8 heteroatoms. The summed E-state index contributed by atoms with van der Waals surface area (Å²) in [6.07, 6.45) is 0. The molecule has 2 amide bonds. The summed E-state index contributed by atoms with van der Waals surface area (Å²) in [5.41, 5.74) is 2.24. The zero-order valence-electron chi connectivity index (χ0n) is 15.9. The summed E-state index contributed by atoms with van der Waals surface area (Å²) >= 11 is 0. The smallest absolute Gasteiger partial charge is 0.272 e. The quantitative estimate of drug-likeness (QED) is 0.842. The van der Waals surface area contributed by atoms with E-state index in [1.54, 1.807) is 29.8 Å². The Kier molecular flexibility index (Phi) is 5.63. The number of aryl methyl sites for hydroxylation is 2. The number of methoxy groups -OCH3 is 1. The molecule has 0 radical (unpaired) electrons. The fourth-order valence-corrected chi connectivity index (χ4v) is 3.12. The zero-order valence-corrected chi connectivity index (χ0v) is 15.9. The highest BCUT2D eigenvalue weighted by Gasteiger charge is 2.23. The largest absolute Gasteiger partial charge is 0.495 e. The Hall–Kier alpha value is -3.03. The van der Waals surface area contributed by atoms with E-state index in [1.165, 1.54) is 0 Å². The van der Waals surface area contributed by atoms with Gasteiger partial charge in [-0.2, -0.15) is 5.10 Å². The van der Waals surface area contributed by atoms with Gasteiger partial charge in [-0.05, 0) is 25.1 Å². The van der Waals surface area contributed by atoms with Crippen LogP contribution in [0, 0.1) is 6.92 Å². The number of hydrogen-bond donors (Lipinski definition) is 1. The van der Waals surface area contributed by atoms with Crippen LogP contribution in [0.4, 0.5) is 5.69 Å². The predicted molar refractivity (Wildman–Crippen MR) is 102 cm³/mol. The number of carbonyl (C=O) groups is 2. The van der Waals surface area contributed by atoms with E-state index >= 15 is 0 Å². The molecule has 0 unspecified atom stereocenters. The highest BCUT2D eigenvalue weighted by Crippen LogP contribution is 2.28. The average molecular weight is 371 g/mol. The van der Waals surface area contributed by atoms with Crippen molar-refractivity contribution in [3.63, 3.8) is 0 Å². The Labute approximate surface area is 158 Å². The fraction of sp³-hybridized carbons (Fsp3) is 0.421. The number of hydrogen-bond acceptors (Lipinski definition) is 5. The molecule has 2 heterocycles. The molecular weight excluding hydrogens is 346 g/mol. The zero-order chi connectivity index (χ0) is 19.4. The fourth-order valence-electron chi connectivity index (χ4n) is 3.12. The van der Waals surface area contributed by atoms with Crippen molar-refractivity contribution in [3.05, 3.63) is 41.7 Å². The van der Waals surface area contributed by atoms with E-state index in [-0.39, 0.29) is 18.4 Å².